The highest BCUT2D eigenvalue weighted by molar-refractivity contribution is 5.95. The average molecular weight is 290 g/mol. The third-order valence-corrected chi connectivity index (χ3v) is 2.90. The van der Waals surface area contributed by atoms with E-state index in [9.17, 15) is 4.79 Å². The molecule has 1 aromatic carbocycles. The molecule has 0 bridgehead atoms. The molecule has 8 heteroatoms. The minimum absolute atomic E-state index is 0.0222. The minimum Gasteiger partial charge on any atom is -0.378 e. The number of guanidine groups is 2. The molecule has 1 saturated heterocycles. The molecular weight excluding hydrogens is 272 g/mol. The van der Waals surface area contributed by atoms with E-state index >= 15 is 0 Å². The molecule has 0 atom stereocenters. The Morgan fingerprint density at radius 1 is 1.10 bits per heavy atom. The maximum atomic E-state index is 12.2. The van der Waals surface area contributed by atoms with Gasteiger partial charge in [0, 0.05) is 18.7 Å². The summed E-state index contributed by atoms with van der Waals surface area (Å²) in [7, 11) is 0. The van der Waals surface area contributed by atoms with Crippen molar-refractivity contribution in [2.45, 2.75) is 0 Å². The molecule has 1 aliphatic rings. The van der Waals surface area contributed by atoms with Crippen LogP contribution < -0.4 is 17.2 Å². The second-order valence-corrected chi connectivity index (χ2v) is 4.46. The summed E-state index contributed by atoms with van der Waals surface area (Å²) in [6, 6.07) is 6.75. The van der Waals surface area contributed by atoms with Gasteiger partial charge >= 0.3 is 0 Å². The number of carbonyl (C=O) groups is 1. The summed E-state index contributed by atoms with van der Waals surface area (Å²) in [4.78, 5) is 21.6. The van der Waals surface area contributed by atoms with Crippen molar-refractivity contribution in [3.8, 4) is 0 Å². The molecule has 0 aliphatic carbocycles. The molecule has 2 rings (SSSR count). The van der Waals surface area contributed by atoms with E-state index in [2.05, 4.69) is 9.98 Å². The first-order valence-electron chi connectivity index (χ1n) is 6.47. The number of hydrogen-bond acceptors (Lipinski definition) is 3. The summed E-state index contributed by atoms with van der Waals surface area (Å²) in [5.74, 6) is -0.219. The Bertz CT molecular complexity index is 557. The van der Waals surface area contributed by atoms with Crippen LogP contribution in [0.1, 0.15) is 10.4 Å². The van der Waals surface area contributed by atoms with Gasteiger partial charge in [0.05, 0.1) is 18.9 Å². The van der Waals surface area contributed by atoms with Gasteiger partial charge in [-0.15, -0.1) is 0 Å². The lowest BCUT2D eigenvalue weighted by molar-refractivity contribution is 0.0303. The zero-order chi connectivity index (χ0) is 15.2. The fourth-order valence-corrected chi connectivity index (χ4v) is 1.92. The number of nitrogens with zero attached hydrogens (tertiary/aromatic N) is 3. The number of hydrogen-bond donors (Lipinski definition) is 3. The summed E-state index contributed by atoms with van der Waals surface area (Å²) in [6.07, 6.45) is 0. The Morgan fingerprint density at radius 2 is 1.71 bits per heavy atom. The summed E-state index contributed by atoms with van der Waals surface area (Å²) < 4.78 is 5.22. The number of amides is 1. The molecule has 1 aromatic rings. The molecule has 1 amide bonds. The van der Waals surface area contributed by atoms with Gasteiger partial charge in [0.15, 0.2) is 5.96 Å². The highest BCUT2D eigenvalue weighted by Gasteiger charge is 2.18. The standard InChI is InChI=1S/C13H18N6O2/c14-12(15)18-13(16)17-10-3-1-9(2-4-10)11(20)19-5-7-21-8-6-19/h1-4H,5-8H2,(H6,14,15,16,17,18). The maximum Gasteiger partial charge on any atom is 0.254 e. The van der Waals surface area contributed by atoms with Crippen molar-refractivity contribution in [3.05, 3.63) is 29.8 Å². The molecule has 1 heterocycles. The zero-order valence-electron chi connectivity index (χ0n) is 11.5. The molecule has 1 fully saturated rings. The number of morpholine rings is 1. The van der Waals surface area contributed by atoms with Gasteiger partial charge in [-0.1, -0.05) is 0 Å². The van der Waals surface area contributed by atoms with Crippen LogP contribution in [0.2, 0.25) is 0 Å². The van der Waals surface area contributed by atoms with Crippen LogP contribution in [0, 0.1) is 0 Å². The Morgan fingerprint density at radius 3 is 2.29 bits per heavy atom. The van der Waals surface area contributed by atoms with Crippen molar-refractivity contribution < 1.29 is 9.53 Å². The van der Waals surface area contributed by atoms with Crippen LogP contribution >= 0.6 is 0 Å². The molecule has 21 heavy (non-hydrogen) atoms. The largest absolute Gasteiger partial charge is 0.378 e. The van der Waals surface area contributed by atoms with Gasteiger partial charge in [-0.05, 0) is 24.3 Å². The first-order chi connectivity index (χ1) is 10.1. The molecule has 0 saturated carbocycles. The fourth-order valence-electron chi connectivity index (χ4n) is 1.92. The lowest BCUT2D eigenvalue weighted by Crippen LogP contribution is -2.40. The van der Waals surface area contributed by atoms with Crippen LogP contribution in [0.5, 0.6) is 0 Å². The number of ether oxygens (including phenoxy) is 1. The van der Waals surface area contributed by atoms with E-state index in [0.717, 1.165) is 0 Å². The van der Waals surface area contributed by atoms with Crippen LogP contribution in [0.4, 0.5) is 5.69 Å². The average Bonchev–Trinajstić information content (AvgIpc) is 2.47. The fraction of sp³-hybridized carbons (Fsp3) is 0.308. The summed E-state index contributed by atoms with van der Waals surface area (Å²) in [5.41, 5.74) is 17.1. The van der Waals surface area contributed by atoms with Gasteiger partial charge in [0.1, 0.15) is 0 Å². The summed E-state index contributed by atoms with van der Waals surface area (Å²) in [5, 5.41) is 0. The van der Waals surface area contributed by atoms with E-state index in [1.54, 1.807) is 29.2 Å². The predicted octanol–water partition coefficient (Wildman–Crippen LogP) is -0.621. The van der Waals surface area contributed by atoms with E-state index < -0.39 is 0 Å². The van der Waals surface area contributed by atoms with E-state index in [4.69, 9.17) is 21.9 Å². The molecule has 6 N–H and O–H groups in total. The normalized spacial score (nSPS) is 15.6. The summed E-state index contributed by atoms with van der Waals surface area (Å²) in [6.45, 7) is 2.36. The predicted molar refractivity (Wildman–Crippen MR) is 80.3 cm³/mol. The molecule has 112 valence electrons. The second-order valence-electron chi connectivity index (χ2n) is 4.46. The third-order valence-electron chi connectivity index (χ3n) is 2.90. The van der Waals surface area contributed by atoms with E-state index in [-0.39, 0.29) is 17.8 Å². The van der Waals surface area contributed by atoms with Gasteiger partial charge < -0.3 is 26.8 Å². The van der Waals surface area contributed by atoms with Crippen LogP contribution in [0.15, 0.2) is 34.3 Å². The second kappa shape index (κ2) is 6.71. The number of nitrogens with two attached hydrogens (primary N) is 3. The molecule has 0 unspecified atom stereocenters. The zero-order valence-corrected chi connectivity index (χ0v) is 11.5. The molecular formula is C13H18N6O2. The Hall–Kier alpha value is -2.61. The van der Waals surface area contributed by atoms with Crippen molar-refractivity contribution in [2.75, 3.05) is 26.3 Å². The van der Waals surface area contributed by atoms with E-state index in [0.29, 0.717) is 37.6 Å². The Balaban J connectivity index is 2.08. The van der Waals surface area contributed by atoms with Crippen LogP contribution in [-0.4, -0.2) is 49.0 Å². The summed E-state index contributed by atoms with van der Waals surface area (Å²) >= 11 is 0. The van der Waals surface area contributed by atoms with Gasteiger partial charge in [0.2, 0.25) is 5.96 Å². The highest BCUT2D eigenvalue weighted by Crippen LogP contribution is 2.15. The van der Waals surface area contributed by atoms with E-state index in [1.807, 2.05) is 0 Å². The smallest absolute Gasteiger partial charge is 0.254 e. The molecule has 0 aromatic heterocycles. The van der Waals surface area contributed by atoms with Crippen molar-refractivity contribution in [1.82, 2.24) is 4.90 Å². The number of rotatable bonds is 2. The molecule has 8 nitrogen and oxygen atoms in total. The Labute approximate surface area is 122 Å². The monoisotopic (exact) mass is 290 g/mol. The quantitative estimate of drug-likeness (QED) is 0.493. The van der Waals surface area contributed by atoms with Gasteiger partial charge in [-0.2, -0.15) is 4.99 Å². The van der Waals surface area contributed by atoms with Gasteiger partial charge in [-0.25, -0.2) is 4.99 Å². The maximum absolute atomic E-state index is 12.2. The number of benzene rings is 1. The van der Waals surface area contributed by atoms with Crippen molar-refractivity contribution in [3.63, 3.8) is 0 Å². The highest BCUT2D eigenvalue weighted by atomic mass is 16.5. The number of aliphatic imine (C=N–C) groups is 2. The van der Waals surface area contributed by atoms with Crippen molar-refractivity contribution in [2.24, 2.45) is 27.2 Å². The van der Waals surface area contributed by atoms with Gasteiger partial charge in [-0.3, -0.25) is 4.79 Å². The first-order valence-corrected chi connectivity index (χ1v) is 6.47. The molecule has 0 spiro atoms. The molecule has 1 aliphatic heterocycles. The van der Waals surface area contributed by atoms with Gasteiger partial charge in [0.25, 0.3) is 5.91 Å². The first kappa shape index (κ1) is 14.8. The third kappa shape index (κ3) is 4.18. The van der Waals surface area contributed by atoms with Crippen molar-refractivity contribution in [1.29, 1.82) is 0 Å². The van der Waals surface area contributed by atoms with E-state index in [1.165, 1.54) is 0 Å². The van der Waals surface area contributed by atoms with Crippen molar-refractivity contribution >= 4 is 23.5 Å². The SMILES string of the molecule is NC(N)=NC(N)=Nc1ccc(C(=O)N2CCOCC2)cc1. The number of carbonyl (C=O) groups excluding carboxylic acids is 1. The Kier molecular flexibility index (Phi) is 4.72. The minimum atomic E-state index is -0.157. The van der Waals surface area contributed by atoms with Crippen LogP contribution in [0.3, 0.4) is 0 Å². The topological polar surface area (TPSA) is 132 Å². The lowest BCUT2D eigenvalue weighted by Gasteiger charge is -2.26. The lowest BCUT2D eigenvalue weighted by atomic mass is 10.1. The van der Waals surface area contributed by atoms with Crippen LogP contribution in [-0.2, 0) is 4.74 Å². The van der Waals surface area contributed by atoms with Crippen LogP contribution in [0.25, 0.3) is 0 Å². The molecule has 0 radical (unpaired) electrons.